The minimum atomic E-state index is -0.383. The number of aryl methyl sites for hydroxylation is 2. The summed E-state index contributed by atoms with van der Waals surface area (Å²) in [5, 5.41) is 4.46. The number of carbonyl (C=O) groups is 2. The van der Waals surface area contributed by atoms with Crippen LogP contribution in [0.2, 0.25) is 0 Å². The van der Waals surface area contributed by atoms with Crippen LogP contribution in [-0.4, -0.2) is 51.0 Å². The van der Waals surface area contributed by atoms with Gasteiger partial charge in [-0.15, -0.1) is 0 Å². The number of aromatic nitrogens is 2. The second kappa shape index (κ2) is 9.25. The zero-order valence-electron chi connectivity index (χ0n) is 18.0. The Labute approximate surface area is 173 Å². The van der Waals surface area contributed by atoms with E-state index in [1.165, 1.54) is 5.56 Å². The number of carbonyl (C=O) groups excluding carboxylic acids is 2. The maximum atomic E-state index is 13.3. The van der Waals surface area contributed by atoms with Crippen molar-refractivity contribution in [1.82, 2.24) is 19.6 Å². The predicted octanol–water partition coefficient (Wildman–Crippen LogP) is 3.01. The van der Waals surface area contributed by atoms with E-state index in [0.717, 1.165) is 42.6 Å². The number of rotatable bonds is 6. The van der Waals surface area contributed by atoms with Crippen molar-refractivity contribution in [2.75, 3.05) is 13.6 Å². The molecule has 2 amide bonds. The molecule has 3 rings (SSSR count). The largest absolute Gasteiger partial charge is 0.344 e. The van der Waals surface area contributed by atoms with Crippen molar-refractivity contribution < 1.29 is 9.59 Å². The van der Waals surface area contributed by atoms with Crippen molar-refractivity contribution in [3.05, 3.63) is 52.8 Å². The second-order valence-electron chi connectivity index (χ2n) is 8.05. The molecule has 0 bridgehead atoms. The van der Waals surface area contributed by atoms with Gasteiger partial charge in [-0.3, -0.25) is 14.3 Å². The first-order valence-corrected chi connectivity index (χ1v) is 10.5. The van der Waals surface area contributed by atoms with Crippen molar-refractivity contribution in [3.63, 3.8) is 0 Å². The van der Waals surface area contributed by atoms with E-state index in [1.54, 1.807) is 9.80 Å². The standard InChI is InChI=1S/C23H32N4O2/c1-17-20(18(2)26(4)24-17)14-15-25(3)23(29)21-12-8-9-13-22(28)27(21)16-19-10-6-5-7-11-19/h5-7,10-11,21H,8-9,12-16H2,1-4H3. The van der Waals surface area contributed by atoms with Gasteiger partial charge in [-0.2, -0.15) is 5.10 Å². The number of hydrogen-bond acceptors (Lipinski definition) is 3. The second-order valence-corrected chi connectivity index (χ2v) is 8.05. The van der Waals surface area contributed by atoms with E-state index < -0.39 is 0 Å². The minimum absolute atomic E-state index is 0.0374. The Hall–Kier alpha value is -2.63. The molecule has 1 aromatic carbocycles. The molecule has 6 heteroatoms. The average molecular weight is 397 g/mol. The first-order chi connectivity index (χ1) is 13.9. The lowest BCUT2D eigenvalue weighted by Gasteiger charge is -2.32. The number of nitrogens with zero attached hydrogens (tertiary/aromatic N) is 4. The molecule has 156 valence electrons. The molecule has 29 heavy (non-hydrogen) atoms. The molecule has 0 spiro atoms. The molecule has 1 saturated heterocycles. The number of amides is 2. The van der Waals surface area contributed by atoms with E-state index in [4.69, 9.17) is 0 Å². The summed E-state index contributed by atoms with van der Waals surface area (Å²) in [5.41, 5.74) is 4.41. The van der Waals surface area contributed by atoms with E-state index >= 15 is 0 Å². The van der Waals surface area contributed by atoms with Gasteiger partial charge >= 0.3 is 0 Å². The molecule has 1 unspecified atom stereocenters. The Balaban J connectivity index is 1.72. The molecular weight excluding hydrogens is 364 g/mol. The highest BCUT2D eigenvalue weighted by molar-refractivity contribution is 5.88. The predicted molar refractivity (Wildman–Crippen MR) is 113 cm³/mol. The van der Waals surface area contributed by atoms with E-state index in [9.17, 15) is 9.59 Å². The molecule has 1 atom stereocenters. The molecule has 0 aliphatic carbocycles. The molecule has 0 saturated carbocycles. The van der Waals surface area contributed by atoms with Crippen LogP contribution in [0.15, 0.2) is 30.3 Å². The summed E-state index contributed by atoms with van der Waals surface area (Å²) in [5.74, 6) is 0.118. The van der Waals surface area contributed by atoms with Gasteiger partial charge in [-0.25, -0.2) is 0 Å². The number of likely N-dealkylation sites (tertiary alicyclic amines) is 1. The van der Waals surface area contributed by atoms with Crippen LogP contribution in [0.3, 0.4) is 0 Å². The Morgan fingerprint density at radius 2 is 1.93 bits per heavy atom. The summed E-state index contributed by atoms with van der Waals surface area (Å²) in [7, 11) is 3.79. The van der Waals surface area contributed by atoms with Crippen LogP contribution in [0.1, 0.15) is 48.2 Å². The number of hydrogen-bond donors (Lipinski definition) is 0. The monoisotopic (exact) mass is 396 g/mol. The highest BCUT2D eigenvalue weighted by Crippen LogP contribution is 2.22. The fourth-order valence-electron chi connectivity index (χ4n) is 4.15. The first kappa shape index (κ1) is 21.1. The summed E-state index contributed by atoms with van der Waals surface area (Å²) >= 11 is 0. The van der Waals surface area contributed by atoms with Crippen LogP contribution in [0.5, 0.6) is 0 Å². The van der Waals surface area contributed by atoms with Gasteiger partial charge in [0.15, 0.2) is 0 Å². The minimum Gasteiger partial charge on any atom is -0.344 e. The zero-order valence-corrected chi connectivity index (χ0v) is 18.0. The lowest BCUT2D eigenvalue weighted by molar-refractivity contribution is -0.145. The van der Waals surface area contributed by atoms with Crippen molar-refractivity contribution in [2.45, 2.75) is 58.5 Å². The van der Waals surface area contributed by atoms with Gasteiger partial charge in [0.25, 0.3) is 0 Å². The Bertz CT molecular complexity index is 859. The van der Waals surface area contributed by atoms with Gasteiger partial charge in [0.1, 0.15) is 6.04 Å². The summed E-state index contributed by atoms with van der Waals surface area (Å²) < 4.78 is 1.89. The fraction of sp³-hybridized carbons (Fsp3) is 0.522. The first-order valence-electron chi connectivity index (χ1n) is 10.5. The van der Waals surface area contributed by atoms with Crippen LogP contribution >= 0.6 is 0 Å². The molecule has 2 heterocycles. The van der Waals surface area contributed by atoms with Gasteiger partial charge in [0.05, 0.1) is 5.69 Å². The molecular formula is C23H32N4O2. The highest BCUT2D eigenvalue weighted by Gasteiger charge is 2.33. The Kier molecular flexibility index (Phi) is 6.72. The molecule has 0 N–H and O–H groups in total. The lowest BCUT2D eigenvalue weighted by atomic mass is 10.1. The van der Waals surface area contributed by atoms with Gasteiger partial charge in [0, 0.05) is 39.3 Å². The third-order valence-electron chi connectivity index (χ3n) is 6.03. The van der Waals surface area contributed by atoms with Crippen molar-refractivity contribution in [1.29, 1.82) is 0 Å². The van der Waals surface area contributed by atoms with Gasteiger partial charge in [-0.05, 0) is 44.2 Å². The quantitative estimate of drug-likeness (QED) is 0.754. The molecule has 1 fully saturated rings. The van der Waals surface area contributed by atoms with Crippen LogP contribution in [-0.2, 0) is 29.6 Å². The topological polar surface area (TPSA) is 58.4 Å². The third-order valence-corrected chi connectivity index (χ3v) is 6.03. The molecule has 1 aliphatic heterocycles. The average Bonchev–Trinajstić information content (AvgIpc) is 2.84. The van der Waals surface area contributed by atoms with Crippen LogP contribution in [0.4, 0.5) is 0 Å². The molecule has 1 aliphatic rings. The lowest BCUT2D eigenvalue weighted by Crippen LogP contribution is -2.49. The molecule has 1 aromatic heterocycles. The Morgan fingerprint density at radius 3 is 2.59 bits per heavy atom. The molecule has 6 nitrogen and oxygen atoms in total. The van der Waals surface area contributed by atoms with Crippen LogP contribution in [0.25, 0.3) is 0 Å². The zero-order chi connectivity index (χ0) is 21.0. The fourth-order valence-corrected chi connectivity index (χ4v) is 4.15. The smallest absolute Gasteiger partial charge is 0.245 e. The normalized spacial score (nSPS) is 17.3. The maximum Gasteiger partial charge on any atom is 0.245 e. The SMILES string of the molecule is Cc1nn(C)c(C)c1CCN(C)C(=O)C1CCCCC(=O)N1Cc1ccccc1. The third kappa shape index (κ3) is 4.86. The summed E-state index contributed by atoms with van der Waals surface area (Å²) in [4.78, 5) is 29.7. The van der Waals surface area contributed by atoms with Gasteiger partial charge in [-0.1, -0.05) is 36.8 Å². The van der Waals surface area contributed by atoms with Gasteiger partial charge in [0.2, 0.25) is 11.8 Å². The summed E-state index contributed by atoms with van der Waals surface area (Å²) in [6.45, 7) is 5.18. The van der Waals surface area contributed by atoms with Crippen molar-refractivity contribution in [2.24, 2.45) is 7.05 Å². The van der Waals surface area contributed by atoms with Crippen LogP contribution in [0, 0.1) is 13.8 Å². The van der Waals surface area contributed by atoms with E-state index in [2.05, 4.69) is 12.0 Å². The Morgan fingerprint density at radius 1 is 1.21 bits per heavy atom. The van der Waals surface area contributed by atoms with Gasteiger partial charge < -0.3 is 9.80 Å². The van der Waals surface area contributed by atoms with Crippen LogP contribution < -0.4 is 0 Å². The van der Waals surface area contributed by atoms with E-state index in [-0.39, 0.29) is 17.9 Å². The summed E-state index contributed by atoms with van der Waals surface area (Å²) in [6.07, 6.45) is 3.78. The van der Waals surface area contributed by atoms with E-state index in [0.29, 0.717) is 19.5 Å². The maximum absolute atomic E-state index is 13.3. The number of benzene rings is 1. The summed E-state index contributed by atoms with van der Waals surface area (Å²) in [6, 6.07) is 9.55. The van der Waals surface area contributed by atoms with Crippen molar-refractivity contribution >= 4 is 11.8 Å². The molecule has 2 aromatic rings. The van der Waals surface area contributed by atoms with E-state index in [1.807, 2.05) is 56.0 Å². The highest BCUT2D eigenvalue weighted by atomic mass is 16.2. The van der Waals surface area contributed by atoms with Crippen molar-refractivity contribution in [3.8, 4) is 0 Å². The number of likely N-dealkylation sites (N-methyl/N-ethyl adjacent to an activating group) is 1. The molecule has 0 radical (unpaired) electrons.